The molecule has 2 fully saturated rings. The topological polar surface area (TPSA) is 59.5 Å². The van der Waals surface area contributed by atoms with Crippen molar-refractivity contribution < 1.29 is 17.5 Å². The number of aryl methyl sites for hydroxylation is 1. The minimum atomic E-state index is -3.64. The molecule has 1 aromatic carbocycles. The SMILES string of the molecule is Cc1cc(S(=O)(=O)N2C3CCC2CC(Oc2ccccn2)C3)ccc1F. The summed E-state index contributed by atoms with van der Waals surface area (Å²) >= 11 is 0. The molecule has 2 unspecified atom stereocenters. The number of benzene rings is 1. The Bertz CT molecular complexity index is 890. The van der Waals surface area contributed by atoms with Crippen LogP contribution < -0.4 is 4.74 Å². The number of aromatic nitrogens is 1. The summed E-state index contributed by atoms with van der Waals surface area (Å²) in [6, 6.07) is 9.33. The average molecular weight is 376 g/mol. The smallest absolute Gasteiger partial charge is 0.243 e. The van der Waals surface area contributed by atoms with Gasteiger partial charge in [-0.15, -0.1) is 0 Å². The molecule has 0 saturated carbocycles. The van der Waals surface area contributed by atoms with Crippen molar-refractivity contribution in [3.8, 4) is 5.88 Å². The Hall–Kier alpha value is -1.99. The van der Waals surface area contributed by atoms with Crippen LogP contribution in [0.5, 0.6) is 5.88 Å². The van der Waals surface area contributed by atoms with Crippen LogP contribution in [0.1, 0.15) is 31.2 Å². The van der Waals surface area contributed by atoms with Crippen molar-refractivity contribution >= 4 is 10.0 Å². The minimum Gasteiger partial charge on any atom is -0.474 e. The summed E-state index contributed by atoms with van der Waals surface area (Å²) in [5.41, 5.74) is 0.340. The zero-order chi connectivity index (χ0) is 18.3. The van der Waals surface area contributed by atoms with E-state index in [2.05, 4.69) is 4.98 Å². The van der Waals surface area contributed by atoms with Gasteiger partial charge in [-0.05, 0) is 49.6 Å². The maximum absolute atomic E-state index is 13.5. The number of ether oxygens (including phenoxy) is 1. The lowest BCUT2D eigenvalue weighted by atomic mass is 10.0. The number of hydrogen-bond acceptors (Lipinski definition) is 4. The van der Waals surface area contributed by atoms with Crippen molar-refractivity contribution in [2.75, 3.05) is 0 Å². The van der Waals surface area contributed by atoms with E-state index in [1.54, 1.807) is 17.4 Å². The van der Waals surface area contributed by atoms with Crippen molar-refractivity contribution in [1.29, 1.82) is 0 Å². The first-order valence-corrected chi connectivity index (χ1v) is 10.3. The number of hydrogen-bond donors (Lipinski definition) is 0. The number of halogens is 1. The molecule has 2 aliphatic heterocycles. The molecule has 0 aliphatic carbocycles. The number of piperidine rings is 1. The molecule has 7 heteroatoms. The first-order chi connectivity index (χ1) is 12.4. The number of nitrogens with zero attached hydrogens (tertiary/aromatic N) is 2. The fourth-order valence-corrected chi connectivity index (χ4v) is 6.04. The van der Waals surface area contributed by atoms with Gasteiger partial charge in [-0.3, -0.25) is 0 Å². The molecule has 2 saturated heterocycles. The van der Waals surface area contributed by atoms with Crippen LogP contribution in [0.2, 0.25) is 0 Å². The van der Waals surface area contributed by atoms with Gasteiger partial charge in [-0.1, -0.05) is 6.07 Å². The zero-order valence-electron chi connectivity index (χ0n) is 14.5. The Morgan fingerprint density at radius 2 is 1.88 bits per heavy atom. The molecule has 0 N–H and O–H groups in total. The van der Waals surface area contributed by atoms with Crippen LogP contribution >= 0.6 is 0 Å². The first-order valence-electron chi connectivity index (χ1n) is 8.82. The maximum atomic E-state index is 13.5. The lowest BCUT2D eigenvalue weighted by Crippen LogP contribution is -2.49. The standard InChI is InChI=1S/C19H21FN2O3S/c1-13-10-17(7-8-18(13)20)26(23,24)22-14-5-6-15(22)12-16(11-14)25-19-4-2-3-9-21-19/h2-4,7-10,14-16H,5-6,11-12H2,1H3. The van der Waals surface area contributed by atoms with Crippen LogP contribution in [0.25, 0.3) is 0 Å². The molecule has 3 heterocycles. The van der Waals surface area contributed by atoms with E-state index in [1.165, 1.54) is 18.2 Å². The summed E-state index contributed by atoms with van der Waals surface area (Å²) in [6.45, 7) is 1.58. The predicted octanol–water partition coefficient (Wildman–Crippen LogP) is 3.29. The van der Waals surface area contributed by atoms with Gasteiger partial charge in [-0.2, -0.15) is 4.31 Å². The van der Waals surface area contributed by atoms with Gasteiger partial charge in [0.1, 0.15) is 11.9 Å². The average Bonchev–Trinajstić information content (AvgIpc) is 2.90. The van der Waals surface area contributed by atoms with Crippen LogP contribution in [0.3, 0.4) is 0 Å². The van der Waals surface area contributed by atoms with E-state index in [0.29, 0.717) is 24.3 Å². The van der Waals surface area contributed by atoms with E-state index in [-0.39, 0.29) is 23.1 Å². The molecule has 2 aliphatic rings. The van der Waals surface area contributed by atoms with Crippen molar-refractivity contribution in [2.45, 2.75) is 55.7 Å². The van der Waals surface area contributed by atoms with Gasteiger partial charge in [-0.25, -0.2) is 17.8 Å². The molecule has 4 rings (SSSR count). The number of sulfonamides is 1. The van der Waals surface area contributed by atoms with Gasteiger partial charge in [0.05, 0.1) is 4.90 Å². The quantitative estimate of drug-likeness (QED) is 0.822. The third kappa shape index (κ3) is 3.10. The van der Waals surface area contributed by atoms with Gasteiger partial charge >= 0.3 is 0 Å². The summed E-state index contributed by atoms with van der Waals surface area (Å²) in [7, 11) is -3.64. The van der Waals surface area contributed by atoms with Gasteiger partial charge in [0.2, 0.25) is 15.9 Å². The van der Waals surface area contributed by atoms with Gasteiger partial charge in [0.25, 0.3) is 0 Å². The molecule has 2 atom stereocenters. The Kier molecular flexibility index (Phi) is 4.44. The lowest BCUT2D eigenvalue weighted by molar-refractivity contribution is 0.0918. The van der Waals surface area contributed by atoms with Crippen LogP contribution in [-0.2, 0) is 10.0 Å². The third-order valence-corrected chi connectivity index (χ3v) is 7.25. The molecular weight excluding hydrogens is 355 g/mol. The Morgan fingerprint density at radius 3 is 2.50 bits per heavy atom. The lowest BCUT2D eigenvalue weighted by Gasteiger charge is -2.37. The first kappa shape index (κ1) is 17.4. The Morgan fingerprint density at radius 1 is 1.15 bits per heavy atom. The summed E-state index contributed by atoms with van der Waals surface area (Å²) in [5, 5.41) is 0. The van der Waals surface area contributed by atoms with Crippen molar-refractivity contribution in [2.24, 2.45) is 0 Å². The summed E-state index contributed by atoms with van der Waals surface area (Å²) < 4.78 is 47.4. The molecule has 0 radical (unpaired) electrons. The second-order valence-corrected chi connectivity index (χ2v) is 8.85. The van der Waals surface area contributed by atoms with Crippen molar-refractivity contribution in [3.05, 3.63) is 54.0 Å². The number of fused-ring (bicyclic) bond motifs is 2. The highest BCUT2D eigenvalue weighted by Crippen LogP contribution is 2.40. The summed E-state index contributed by atoms with van der Waals surface area (Å²) in [6.07, 6.45) is 4.58. The molecule has 1 aromatic heterocycles. The highest BCUT2D eigenvalue weighted by atomic mass is 32.2. The second kappa shape index (κ2) is 6.63. The number of pyridine rings is 1. The molecule has 0 spiro atoms. The van der Waals surface area contributed by atoms with E-state index >= 15 is 0 Å². The highest BCUT2D eigenvalue weighted by Gasteiger charge is 2.48. The Balaban J connectivity index is 1.55. The van der Waals surface area contributed by atoms with Gasteiger partial charge in [0.15, 0.2) is 0 Å². The van der Waals surface area contributed by atoms with E-state index in [0.717, 1.165) is 12.8 Å². The molecule has 5 nitrogen and oxygen atoms in total. The predicted molar refractivity (Wildman–Crippen MR) is 94.9 cm³/mol. The summed E-state index contributed by atoms with van der Waals surface area (Å²) in [4.78, 5) is 4.35. The molecule has 2 bridgehead atoms. The molecule has 26 heavy (non-hydrogen) atoms. The van der Waals surface area contributed by atoms with Crippen LogP contribution in [0.15, 0.2) is 47.5 Å². The van der Waals surface area contributed by atoms with Crippen LogP contribution in [0, 0.1) is 12.7 Å². The van der Waals surface area contributed by atoms with Crippen molar-refractivity contribution in [1.82, 2.24) is 9.29 Å². The van der Waals surface area contributed by atoms with Gasteiger partial charge < -0.3 is 4.74 Å². The molecular formula is C19H21FN2O3S. The van der Waals surface area contributed by atoms with Crippen LogP contribution in [-0.4, -0.2) is 35.9 Å². The fraction of sp³-hybridized carbons (Fsp3) is 0.421. The maximum Gasteiger partial charge on any atom is 0.243 e. The largest absolute Gasteiger partial charge is 0.474 e. The van der Waals surface area contributed by atoms with E-state index in [1.807, 2.05) is 18.2 Å². The molecule has 138 valence electrons. The minimum absolute atomic E-state index is 0.0381. The highest BCUT2D eigenvalue weighted by molar-refractivity contribution is 7.89. The monoisotopic (exact) mass is 376 g/mol. The van der Waals surface area contributed by atoms with E-state index in [4.69, 9.17) is 4.74 Å². The second-order valence-electron chi connectivity index (χ2n) is 7.01. The Labute approximate surface area is 152 Å². The van der Waals surface area contributed by atoms with E-state index < -0.39 is 15.8 Å². The fourth-order valence-electron chi connectivity index (χ4n) is 4.06. The number of rotatable bonds is 4. The van der Waals surface area contributed by atoms with Crippen molar-refractivity contribution in [3.63, 3.8) is 0 Å². The van der Waals surface area contributed by atoms with E-state index in [9.17, 15) is 12.8 Å². The normalized spacial score (nSPS) is 26.0. The molecule has 2 aromatic rings. The third-order valence-electron chi connectivity index (χ3n) is 5.25. The summed E-state index contributed by atoms with van der Waals surface area (Å²) in [5.74, 6) is 0.178. The van der Waals surface area contributed by atoms with Gasteiger partial charge in [0, 0.05) is 37.2 Å². The zero-order valence-corrected chi connectivity index (χ0v) is 15.3. The van der Waals surface area contributed by atoms with Crippen LogP contribution in [0.4, 0.5) is 4.39 Å². The molecule has 0 amide bonds.